The molecule has 0 heterocycles. The van der Waals surface area contributed by atoms with Gasteiger partial charge in [0.25, 0.3) is 0 Å². The van der Waals surface area contributed by atoms with Crippen LogP contribution in [0.1, 0.15) is 31.2 Å². The molecule has 1 aliphatic carbocycles. The third-order valence-electron chi connectivity index (χ3n) is 3.83. The number of hydrogen-bond donors (Lipinski definition) is 2. The molecule has 0 aliphatic heterocycles. The SMILES string of the molecule is O=C(O)[C@H]1CCCC[C@@H]1C(=O)NCc1ccccc1Cl. The molecule has 0 unspecified atom stereocenters. The van der Waals surface area contributed by atoms with Crippen LogP contribution in [0.25, 0.3) is 0 Å². The van der Waals surface area contributed by atoms with E-state index in [4.69, 9.17) is 11.6 Å². The van der Waals surface area contributed by atoms with Crippen molar-refractivity contribution < 1.29 is 14.7 Å². The maximum Gasteiger partial charge on any atom is 0.307 e. The van der Waals surface area contributed by atoms with Crippen molar-refractivity contribution in [2.75, 3.05) is 0 Å². The minimum absolute atomic E-state index is 0.183. The molecule has 0 radical (unpaired) electrons. The first-order valence-electron chi connectivity index (χ1n) is 6.83. The van der Waals surface area contributed by atoms with Gasteiger partial charge < -0.3 is 10.4 Å². The molecule has 1 amide bonds. The van der Waals surface area contributed by atoms with Crippen LogP contribution in [0.4, 0.5) is 0 Å². The highest BCUT2D eigenvalue weighted by Gasteiger charge is 2.35. The highest BCUT2D eigenvalue weighted by atomic mass is 35.5. The topological polar surface area (TPSA) is 66.4 Å². The zero-order valence-electron chi connectivity index (χ0n) is 11.1. The van der Waals surface area contributed by atoms with Crippen molar-refractivity contribution in [2.45, 2.75) is 32.2 Å². The van der Waals surface area contributed by atoms with Crippen molar-refractivity contribution in [1.29, 1.82) is 0 Å². The van der Waals surface area contributed by atoms with Crippen molar-refractivity contribution >= 4 is 23.5 Å². The van der Waals surface area contributed by atoms with Gasteiger partial charge in [0.15, 0.2) is 0 Å². The second-order valence-corrected chi connectivity index (χ2v) is 5.55. The predicted molar refractivity (Wildman–Crippen MR) is 76.4 cm³/mol. The highest BCUT2D eigenvalue weighted by molar-refractivity contribution is 6.31. The zero-order valence-corrected chi connectivity index (χ0v) is 11.9. The van der Waals surface area contributed by atoms with E-state index in [0.29, 0.717) is 24.4 Å². The second kappa shape index (κ2) is 6.75. The van der Waals surface area contributed by atoms with Gasteiger partial charge in [-0.3, -0.25) is 9.59 Å². The number of carbonyl (C=O) groups is 2. The molecule has 1 saturated carbocycles. The van der Waals surface area contributed by atoms with Crippen molar-refractivity contribution in [1.82, 2.24) is 5.32 Å². The molecule has 1 aromatic carbocycles. The van der Waals surface area contributed by atoms with Gasteiger partial charge in [-0.15, -0.1) is 0 Å². The van der Waals surface area contributed by atoms with E-state index in [0.717, 1.165) is 18.4 Å². The Bertz CT molecular complexity index is 504. The van der Waals surface area contributed by atoms with Gasteiger partial charge in [-0.2, -0.15) is 0 Å². The number of aliphatic carboxylic acids is 1. The maximum absolute atomic E-state index is 12.2. The van der Waals surface area contributed by atoms with Crippen LogP contribution in [0, 0.1) is 11.8 Å². The summed E-state index contributed by atoms with van der Waals surface area (Å²) in [6.45, 7) is 0.335. The lowest BCUT2D eigenvalue weighted by Crippen LogP contribution is -2.39. The first-order valence-corrected chi connectivity index (χ1v) is 7.21. The van der Waals surface area contributed by atoms with Crippen LogP contribution >= 0.6 is 11.6 Å². The molecule has 5 heteroatoms. The summed E-state index contributed by atoms with van der Waals surface area (Å²) in [4.78, 5) is 23.4. The van der Waals surface area contributed by atoms with Crippen LogP contribution in [-0.2, 0) is 16.1 Å². The van der Waals surface area contributed by atoms with Gasteiger partial charge in [-0.1, -0.05) is 42.6 Å². The van der Waals surface area contributed by atoms with Crippen molar-refractivity contribution in [2.24, 2.45) is 11.8 Å². The van der Waals surface area contributed by atoms with Gasteiger partial charge in [0.1, 0.15) is 0 Å². The standard InChI is InChI=1S/C15H18ClNO3/c16-13-8-4-1-5-10(13)9-17-14(18)11-6-2-3-7-12(11)15(19)20/h1,4-5,8,11-12H,2-3,6-7,9H2,(H,17,18)(H,19,20)/t11-,12-/m0/s1. The van der Waals surface area contributed by atoms with Crippen molar-refractivity contribution in [3.05, 3.63) is 34.9 Å². The largest absolute Gasteiger partial charge is 0.481 e. The molecular formula is C15H18ClNO3. The predicted octanol–water partition coefficient (Wildman–Crippen LogP) is 2.85. The van der Waals surface area contributed by atoms with Gasteiger partial charge in [0, 0.05) is 11.6 Å². The van der Waals surface area contributed by atoms with E-state index in [9.17, 15) is 14.7 Å². The number of halogens is 1. The third-order valence-corrected chi connectivity index (χ3v) is 4.20. The summed E-state index contributed by atoms with van der Waals surface area (Å²) in [5.74, 6) is -2.04. The van der Waals surface area contributed by atoms with E-state index < -0.39 is 17.8 Å². The summed E-state index contributed by atoms with van der Waals surface area (Å²) >= 11 is 6.03. The Labute approximate surface area is 123 Å². The molecule has 2 N–H and O–H groups in total. The molecule has 0 bridgehead atoms. The molecular weight excluding hydrogens is 278 g/mol. The molecule has 1 aliphatic rings. The van der Waals surface area contributed by atoms with Gasteiger partial charge in [-0.25, -0.2) is 0 Å². The molecule has 20 heavy (non-hydrogen) atoms. The quantitative estimate of drug-likeness (QED) is 0.897. The minimum atomic E-state index is -0.873. The van der Waals surface area contributed by atoms with Crippen LogP contribution in [0.2, 0.25) is 5.02 Å². The summed E-state index contributed by atoms with van der Waals surface area (Å²) < 4.78 is 0. The number of hydrogen-bond acceptors (Lipinski definition) is 2. The number of carbonyl (C=O) groups excluding carboxylic acids is 1. The molecule has 108 valence electrons. The molecule has 2 atom stereocenters. The van der Waals surface area contributed by atoms with Gasteiger partial charge >= 0.3 is 5.97 Å². The normalized spacial score (nSPS) is 22.2. The number of rotatable bonds is 4. The molecule has 0 saturated heterocycles. The van der Waals surface area contributed by atoms with Crippen molar-refractivity contribution in [3.8, 4) is 0 Å². The summed E-state index contributed by atoms with van der Waals surface area (Å²) in [7, 11) is 0. The Morgan fingerprint density at radius 1 is 1.20 bits per heavy atom. The first-order chi connectivity index (χ1) is 9.59. The Morgan fingerprint density at radius 2 is 1.85 bits per heavy atom. The smallest absolute Gasteiger partial charge is 0.307 e. The average molecular weight is 296 g/mol. The summed E-state index contributed by atoms with van der Waals surface area (Å²) in [6, 6.07) is 7.30. The lowest BCUT2D eigenvalue weighted by atomic mass is 9.78. The number of carboxylic acids is 1. The first kappa shape index (κ1) is 14.9. The fourth-order valence-corrected chi connectivity index (χ4v) is 2.90. The molecule has 1 fully saturated rings. The highest BCUT2D eigenvalue weighted by Crippen LogP contribution is 2.30. The van der Waals surface area contributed by atoms with E-state index in [1.165, 1.54) is 0 Å². The van der Waals surface area contributed by atoms with Crippen LogP contribution in [0.3, 0.4) is 0 Å². The second-order valence-electron chi connectivity index (χ2n) is 5.14. The number of amides is 1. The fourth-order valence-electron chi connectivity index (χ4n) is 2.70. The monoisotopic (exact) mass is 295 g/mol. The van der Waals surface area contributed by atoms with Crippen LogP contribution in [0.5, 0.6) is 0 Å². The Kier molecular flexibility index (Phi) is 5.01. The van der Waals surface area contributed by atoms with Gasteiger partial charge in [-0.05, 0) is 24.5 Å². The van der Waals surface area contributed by atoms with E-state index in [-0.39, 0.29) is 5.91 Å². The number of carboxylic acid groups (broad SMARTS) is 1. The fraction of sp³-hybridized carbons (Fsp3) is 0.467. The third kappa shape index (κ3) is 3.51. The zero-order chi connectivity index (χ0) is 14.5. The van der Waals surface area contributed by atoms with Gasteiger partial charge in [0.2, 0.25) is 5.91 Å². The number of benzene rings is 1. The number of nitrogens with one attached hydrogen (secondary N) is 1. The Balaban J connectivity index is 1.97. The van der Waals surface area contributed by atoms with E-state index in [1.807, 2.05) is 18.2 Å². The summed E-state index contributed by atoms with van der Waals surface area (Å²) in [5.41, 5.74) is 0.838. The van der Waals surface area contributed by atoms with E-state index in [1.54, 1.807) is 6.07 Å². The Morgan fingerprint density at radius 3 is 2.50 bits per heavy atom. The van der Waals surface area contributed by atoms with E-state index in [2.05, 4.69) is 5.32 Å². The molecule has 4 nitrogen and oxygen atoms in total. The summed E-state index contributed by atoms with van der Waals surface area (Å²) in [6.07, 6.45) is 3.02. The average Bonchev–Trinajstić information content (AvgIpc) is 2.46. The van der Waals surface area contributed by atoms with Gasteiger partial charge in [0.05, 0.1) is 11.8 Å². The lowest BCUT2D eigenvalue weighted by molar-refractivity contribution is -0.148. The molecule has 0 aromatic heterocycles. The molecule has 2 rings (SSSR count). The minimum Gasteiger partial charge on any atom is -0.481 e. The van der Waals surface area contributed by atoms with Crippen LogP contribution < -0.4 is 5.32 Å². The maximum atomic E-state index is 12.2. The Hall–Kier alpha value is -1.55. The summed E-state index contributed by atoms with van der Waals surface area (Å²) in [5, 5.41) is 12.6. The molecule has 0 spiro atoms. The lowest BCUT2D eigenvalue weighted by Gasteiger charge is -2.27. The van der Waals surface area contributed by atoms with E-state index >= 15 is 0 Å². The van der Waals surface area contributed by atoms with Crippen molar-refractivity contribution in [3.63, 3.8) is 0 Å². The van der Waals surface area contributed by atoms with Crippen LogP contribution in [0.15, 0.2) is 24.3 Å². The molecule has 1 aromatic rings. The van der Waals surface area contributed by atoms with Crippen LogP contribution in [-0.4, -0.2) is 17.0 Å².